The van der Waals surface area contributed by atoms with Crippen molar-refractivity contribution in [1.82, 2.24) is 9.97 Å². The molecule has 0 bridgehead atoms. The van der Waals surface area contributed by atoms with Crippen LogP contribution in [0, 0.1) is 12.8 Å². The largest absolute Gasteiger partial charge is 0.396 e. The molecule has 27 heavy (non-hydrogen) atoms. The van der Waals surface area contributed by atoms with E-state index in [9.17, 15) is 15.3 Å². The first-order valence-corrected chi connectivity index (χ1v) is 9.05. The molecule has 0 fully saturated rings. The lowest BCUT2D eigenvalue weighted by Gasteiger charge is -2.26. The molecule has 6 N–H and O–H groups in total. The summed E-state index contributed by atoms with van der Waals surface area (Å²) in [5.41, 5.74) is 8.17. The molecule has 0 saturated heterocycles. The molecular weight excluding hydrogens is 368 g/mol. The number of anilines is 2. The third-order valence-corrected chi connectivity index (χ3v) is 4.67. The summed E-state index contributed by atoms with van der Waals surface area (Å²) in [7, 11) is 0. The smallest absolute Gasteiger partial charge is 0.223 e. The van der Waals surface area contributed by atoms with Gasteiger partial charge in [-0.2, -0.15) is 4.98 Å². The van der Waals surface area contributed by atoms with Gasteiger partial charge in [-0.25, -0.2) is 4.98 Å². The van der Waals surface area contributed by atoms with Crippen LogP contribution in [0.5, 0.6) is 0 Å². The number of hydrogen-bond donors (Lipinski definition) is 5. The van der Waals surface area contributed by atoms with Crippen molar-refractivity contribution in [3.8, 4) is 0 Å². The van der Waals surface area contributed by atoms with E-state index < -0.39 is 18.2 Å². The Bertz CT molecular complexity index is 797. The Morgan fingerprint density at radius 2 is 1.93 bits per heavy atom. The van der Waals surface area contributed by atoms with Crippen LogP contribution in [0.15, 0.2) is 24.3 Å². The lowest BCUT2D eigenvalue weighted by atomic mass is 9.99. The van der Waals surface area contributed by atoms with Gasteiger partial charge in [-0.05, 0) is 30.5 Å². The third-order valence-electron chi connectivity index (χ3n) is 4.38. The molecule has 0 aliphatic heterocycles. The minimum Gasteiger partial charge on any atom is -0.396 e. The fraction of sp³-hybridized carbons (Fsp3) is 0.368. The highest BCUT2D eigenvalue weighted by Crippen LogP contribution is 2.26. The Labute approximate surface area is 163 Å². The zero-order valence-corrected chi connectivity index (χ0v) is 16.1. The van der Waals surface area contributed by atoms with Crippen LogP contribution in [-0.2, 0) is 0 Å². The monoisotopic (exact) mass is 392 g/mol. The van der Waals surface area contributed by atoms with E-state index in [1.165, 1.54) is 0 Å². The maximum Gasteiger partial charge on any atom is 0.223 e. The summed E-state index contributed by atoms with van der Waals surface area (Å²) in [5, 5.41) is 32.7. The van der Waals surface area contributed by atoms with E-state index in [2.05, 4.69) is 15.3 Å². The molecule has 0 saturated carbocycles. The van der Waals surface area contributed by atoms with Gasteiger partial charge in [0.15, 0.2) is 6.23 Å². The van der Waals surface area contributed by atoms with Crippen molar-refractivity contribution >= 4 is 35.5 Å². The van der Waals surface area contributed by atoms with Crippen molar-refractivity contribution in [2.75, 3.05) is 17.7 Å². The van der Waals surface area contributed by atoms with Gasteiger partial charge in [-0.15, -0.1) is 0 Å². The quantitative estimate of drug-likeness (QED) is 0.345. The second-order valence-electron chi connectivity index (χ2n) is 6.26. The number of halogens is 1. The van der Waals surface area contributed by atoms with Crippen molar-refractivity contribution in [3.05, 3.63) is 46.1 Å². The van der Waals surface area contributed by atoms with E-state index in [4.69, 9.17) is 17.3 Å². The van der Waals surface area contributed by atoms with Crippen molar-refractivity contribution in [2.45, 2.75) is 32.6 Å². The van der Waals surface area contributed by atoms with Crippen molar-refractivity contribution < 1.29 is 15.3 Å². The van der Waals surface area contributed by atoms with Gasteiger partial charge in [-0.3, -0.25) is 0 Å². The van der Waals surface area contributed by atoms with E-state index in [0.29, 0.717) is 12.0 Å². The number of hydrogen-bond acceptors (Lipinski definition) is 7. The molecule has 0 aliphatic carbocycles. The van der Waals surface area contributed by atoms with Crippen LogP contribution in [-0.4, -0.2) is 44.2 Å². The molecule has 0 radical (unpaired) electrons. The fourth-order valence-corrected chi connectivity index (χ4v) is 2.86. The van der Waals surface area contributed by atoms with Crippen molar-refractivity contribution in [1.29, 1.82) is 0 Å². The van der Waals surface area contributed by atoms with E-state index in [-0.39, 0.29) is 23.5 Å². The maximum atomic E-state index is 10.3. The molecular formula is C19H25ClN4O3. The van der Waals surface area contributed by atoms with Gasteiger partial charge in [0.05, 0.1) is 5.56 Å². The van der Waals surface area contributed by atoms with Crippen molar-refractivity contribution in [3.63, 3.8) is 0 Å². The van der Waals surface area contributed by atoms with Gasteiger partial charge in [0, 0.05) is 12.5 Å². The first-order chi connectivity index (χ1) is 12.9. The standard InChI is InChI=1S/C19H25ClN4O3/c1-3-12(10-25)15(26)18(27)23-17-14(16(20)22-19(21)24-17)9-8-13-7-5-4-6-11(13)2/h4-9,12,15,18,25-27H,3,10H2,1-2H3,(H3,21,22,23,24)/b9-8+/t12-,15-,18?/m1/s1. The highest BCUT2D eigenvalue weighted by molar-refractivity contribution is 6.31. The molecule has 2 aromatic rings. The number of nitrogen functional groups attached to an aromatic ring is 1. The Kier molecular flexibility index (Phi) is 7.55. The Morgan fingerprint density at radius 1 is 1.22 bits per heavy atom. The predicted octanol–water partition coefficient (Wildman–Crippen LogP) is 2.30. The molecule has 0 spiro atoms. The fourth-order valence-electron chi connectivity index (χ4n) is 2.62. The van der Waals surface area contributed by atoms with Crippen LogP contribution in [0.25, 0.3) is 12.2 Å². The zero-order chi connectivity index (χ0) is 20.0. The van der Waals surface area contributed by atoms with Gasteiger partial charge in [0.2, 0.25) is 5.95 Å². The molecule has 3 atom stereocenters. The second-order valence-corrected chi connectivity index (χ2v) is 6.61. The maximum absolute atomic E-state index is 10.3. The SMILES string of the molecule is CC[C@H](CO)[C@@H](O)C(O)Nc1nc(N)nc(Cl)c1/C=C/c1ccccc1C. The Hall–Kier alpha value is -2.19. The molecule has 1 heterocycles. The predicted molar refractivity (Wildman–Crippen MR) is 108 cm³/mol. The molecule has 7 nitrogen and oxygen atoms in total. The van der Waals surface area contributed by atoms with E-state index in [1.807, 2.05) is 44.2 Å². The van der Waals surface area contributed by atoms with E-state index in [0.717, 1.165) is 11.1 Å². The van der Waals surface area contributed by atoms with Crippen LogP contribution in [0.1, 0.15) is 30.0 Å². The molecule has 1 aromatic heterocycles. The molecule has 0 amide bonds. The number of aliphatic hydroxyl groups is 3. The molecule has 0 aliphatic rings. The summed E-state index contributed by atoms with van der Waals surface area (Å²) < 4.78 is 0. The second kappa shape index (κ2) is 9.66. The highest BCUT2D eigenvalue weighted by atomic mass is 35.5. The molecule has 8 heteroatoms. The molecule has 2 rings (SSSR count). The van der Waals surface area contributed by atoms with Gasteiger partial charge < -0.3 is 26.4 Å². The minimum atomic E-state index is -1.36. The van der Waals surface area contributed by atoms with E-state index >= 15 is 0 Å². The summed E-state index contributed by atoms with van der Waals surface area (Å²) in [6.07, 6.45) is 1.52. The van der Waals surface area contributed by atoms with Crippen LogP contribution in [0.4, 0.5) is 11.8 Å². The van der Waals surface area contributed by atoms with E-state index in [1.54, 1.807) is 6.08 Å². The average Bonchev–Trinajstić information content (AvgIpc) is 2.63. The first-order valence-electron chi connectivity index (χ1n) is 8.67. The number of nitrogens with two attached hydrogens (primary N) is 1. The first kappa shape index (κ1) is 21.1. The van der Waals surface area contributed by atoms with Gasteiger partial charge in [0.1, 0.15) is 17.1 Å². The molecule has 146 valence electrons. The normalized spacial score (nSPS) is 14.9. The summed E-state index contributed by atoms with van der Waals surface area (Å²) in [6, 6.07) is 7.81. The third kappa shape index (κ3) is 5.40. The minimum absolute atomic E-state index is 0.0635. The van der Waals surface area contributed by atoms with Gasteiger partial charge >= 0.3 is 0 Å². The lowest BCUT2D eigenvalue weighted by molar-refractivity contribution is -0.0203. The van der Waals surface area contributed by atoms with Crippen LogP contribution >= 0.6 is 11.6 Å². The van der Waals surface area contributed by atoms with Gasteiger partial charge in [0.25, 0.3) is 0 Å². The van der Waals surface area contributed by atoms with Crippen LogP contribution in [0.3, 0.4) is 0 Å². The summed E-state index contributed by atoms with van der Waals surface area (Å²) in [4.78, 5) is 8.03. The number of aryl methyl sites for hydroxylation is 1. The Balaban J connectivity index is 2.32. The van der Waals surface area contributed by atoms with Crippen LogP contribution in [0.2, 0.25) is 5.15 Å². The van der Waals surface area contributed by atoms with Gasteiger partial charge in [-0.1, -0.05) is 48.9 Å². The van der Waals surface area contributed by atoms with Crippen LogP contribution < -0.4 is 11.1 Å². The Morgan fingerprint density at radius 3 is 2.56 bits per heavy atom. The topological polar surface area (TPSA) is 125 Å². The number of rotatable bonds is 8. The summed E-state index contributed by atoms with van der Waals surface area (Å²) in [6.45, 7) is 3.55. The zero-order valence-electron chi connectivity index (χ0n) is 15.3. The summed E-state index contributed by atoms with van der Waals surface area (Å²) in [5.74, 6) is -0.351. The summed E-state index contributed by atoms with van der Waals surface area (Å²) >= 11 is 6.21. The number of benzene rings is 1. The van der Waals surface area contributed by atoms with Crippen molar-refractivity contribution in [2.24, 2.45) is 5.92 Å². The number of nitrogens with one attached hydrogen (secondary N) is 1. The average molecular weight is 393 g/mol. The highest BCUT2D eigenvalue weighted by Gasteiger charge is 2.26. The molecule has 1 unspecified atom stereocenters. The number of nitrogens with zero attached hydrogens (tertiary/aromatic N) is 2. The lowest BCUT2D eigenvalue weighted by Crippen LogP contribution is -2.40. The molecule has 1 aromatic carbocycles. The number of aromatic nitrogens is 2. The number of aliphatic hydroxyl groups excluding tert-OH is 3.